The predicted octanol–water partition coefficient (Wildman–Crippen LogP) is 3.55. The molecule has 15 heavy (non-hydrogen) atoms. The topological polar surface area (TPSA) is 29.5 Å². The number of aliphatic hydroxyl groups excluding tert-OH is 1. The van der Waals surface area contributed by atoms with Gasteiger partial charge in [0, 0.05) is 20.8 Å². The number of aliphatic hydroxyl groups is 1. The second kappa shape index (κ2) is 19.3. The minimum absolute atomic E-state index is 0.358. The summed E-state index contributed by atoms with van der Waals surface area (Å²) in [5.74, 6) is 0. The molecule has 0 aromatic rings. The Kier molecular flexibility index (Phi) is 21.9. The first-order chi connectivity index (χ1) is 7.33. The number of unbranched alkanes of at least 4 members (excludes halogenated alkanes) is 7. The molecule has 0 amide bonds. The Morgan fingerprint density at radius 3 is 1.73 bits per heavy atom. The molecule has 92 valence electrons. The highest BCUT2D eigenvalue weighted by molar-refractivity contribution is 4.65. The largest absolute Gasteiger partial charge is 0.396 e. The third kappa shape index (κ3) is 24.8. The number of allylic oxidation sites excluding steroid dienone is 1. The fourth-order valence-electron chi connectivity index (χ4n) is 1.28. The minimum Gasteiger partial charge on any atom is -0.396 e. The molecular formula is C13H28O2. The zero-order valence-electron chi connectivity index (χ0n) is 10.5. The van der Waals surface area contributed by atoms with Gasteiger partial charge in [0.2, 0.25) is 0 Å². The first-order valence-electron chi connectivity index (χ1n) is 5.95. The lowest BCUT2D eigenvalue weighted by atomic mass is 10.1. The van der Waals surface area contributed by atoms with Gasteiger partial charge in [0.25, 0.3) is 0 Å². The van der Waals surface area contributed by atoms with E-state index in [0.717, 1.165) is 12.8 Å². The molecule has 0 atom stereocenters. The van der Waals surface area contributed by atoms with Crippen LogP contribution in [-0.2, 0) is 4.74 Å². The zero-order chi connectivity index (χ0) is 11.8. The van der Waals surface area contributed by atoms with Gasteiger partial charge < -0.3 is 9.84 Å². The quantitative estimate of drug-likeness (QED) is 0.472. The standard InChI is InChI=1S/C11H22O.C2H6O/c1-2-3-4-5-6-7-8-9-10-11-12;1-3-2/h2,12H,1,3-11H2;1-2H3. The number of methoxy groups -OCH3 is 1. The highest BCUT2D eigenvalue weighted by Gasteiger charge is 1.89. The van der Waals surface area contributed by atoms with E-state index in [1.54, 1.807) is 14.2 Å². The average molecular weight is 216 g/mol. The van der Waals surface area contributed by atoms with Crippen LogP contribution in [0.3, 0.4) is 0 Å². The summed E-state index contributed by atoms with van der Waals surface area (Å²) in [5, 5.41) is 8.53. The third-order valence-electron chi connectivity index (χ3n) is 2.07. The molecule has 0 saturated heterocycles. The van der Waals surface area contributed by atoms with E-state index in [0.29, 0.717) is 6.61 Å². The lowest BCUT2D eigenvalue weighted by Crippen LogP contribution is -1.83. The Bertz CT molecular complexity index is 103. The molecule has 0 unspecified atom stereocenters. The van der Waals surface area contributed by atoms with Crippen LogP contribution in [-0.4, -0.2) is 25.9 Å². The number of hydrogen-bond donors (Lipinski definition) is 1. The van der Waals surface area contributed by atoms with Gasteiger partial charge in [-0.25, -0.2) is 0 Å². The van der Waals surface area contributed by atoms with Crippen molar-refractivity contribution in [3.63, 3.8) is 0 Å². The summed E-state index contributed by atoms with van der Waals surface area (Å²) in [7, 11) is 3.25. The number of ether oxygens (including phenoxy) is 1. The summed E-state index contributed by atoms with van der Waals surface area (Å²) in [6.45, 7) is 4.05. The van der Waals surface area contributed by atoms with Gasteiger partial charge in [-0.05, 0) is 19.3 Å². The molecular weight excluding hydrogens is 188 g/mol. The normalized spacial score (nSPS) is 9.27. The monoisotopic (exact) mass is 216 g/mol. The van der Waals surface area contributed by atoms with Gasteiger partial charge >= 0.3 is 0 Å². The molecule has 0 aliphatic heterocycles. The molecule has 2 heteroatoms. The SMILES string of the molecule is C=CCCCCCCCCCO.COC. The van der Waals surface area contributed by atoms with Gasteiger partial charge in [0.15, 0.2) is 0 Å². The highest BCUT2D eigenvalue weighted by atomic mass is 16.4. The molecule has 0 aliphatic carbocycles. The van der Waals surface area contributed by atoms with Crippen LogP contribution >= 0.6 is 0 Å². The molecule has 0 aromatic carbocycles. The second-order valence-corrected chi connectivity index (χ2v) is 3.68. The van der Waals surface area contributed by atoms with Crippen molar-refractivity contribution >= 4 is 0 Å². The fourth-order valence-corrected chi connectivity index (χ4v) is 1.28. The van der Waals surface area contributed by atoms with Gasteiger partial charge in [-0.15, -0.1) is 6.58 Å². The van der Waals surface area contributed by atoms with E-state index < -0.39 is 0 Å². The summed E-state index contributed by atoms with van der Waals surface area (Å²) >= 11 is 0. The van der Waals surface area contributed by atoms with Gasteiger partial charge in [-0.3, -0.25) is 0 Å². The molecule has 0 bridgehead atoms. The van der Waals surface area contributed by atoms with E-state index in [2.05, 4.69) is 11.3 Å². The van der Waals surface area contributed by atoms with Crippen molar-refractivity contribution in [3.05, 3.63) is 12.7 Å². The van der Waals surface area contributed by atoms with E-state index in [-0.39, 0.29) is 0 Å². The van der Waals surface area contributed by atoms with Crippen LogP contribution in [0.1, 0.15) is 51.4 Å². The second-order valence-electron chi connectivity index (χ2n) is 3.68. The van der Waals surface area contributed by atoms with E-state index in [1.165, 1.54) is 38.5 Å². The summed E-state index contributed by atoms with van der Waals surface area (Å²) in [5.41, 5.74) is 0. The van der Waals surface area contributed by atoms with Crippen molar-refractivity contribution in [1.82, 2.24) is 0 Å². The zero-order valence-corrected chi connectivity index (χ0v) is 10.5. The van der Waals surface area contributed by atoms with Crippen molar-refractivity contribution in [2.45, 2.75) is 51.4 Å². The highest BCUT2D eigenvalue weighted by Crippen LogP contribution is 2.08. The van der Waals surface area contributed by atoms with Crippen LogP contribution in [0.2, 0.25) is 0 Å². The van der Waals surface area contributed by atoms with Crippen molar-refractivity contribution in [2.24, 2.45) is 0 Å². The Hall–Kier alpha value is -0.340. The molecule has 0 saturated carbocycles. The summed E-state index contributed by atoms with van der Waals surface area (Å²) in [6, 6.07) is 0. The summed E-state index contributed by atoms with van der Waals surface area (Å²) in [6.07, 6.45) is 11.9. The predicted molar refractivity (Wildman–Crippen MR) is 67.2 cm³/mol. The Morgan fingerprint density at radius 1 is 0.933 bits per heavy atom. The number of rotatable bonds is 9. The minimum atomic E-state index is 0.358. The maximum absolute atomic E-state index is 8.53. The summed E-state index contributed by atoms with van der Waals surface area (Å²) in [4.78, 5) is 0. The van der Waals surface area contributed by atoms with E-state index in [9.17, 15) is 0 Å². The smallest absolute Gasteiger partial charge is 0.0431 e. The molecule has 0 rings (SSSR count). The lowest BCUT2D eigenvalue weighted by molar-refractivity contribution is 0.277. The molecule has 2 nitrogen and oxygen atoms in total. The van der Waals surface area contributed by atoms with Gasteiger partial charge in [-0.2, -0.15) is 0 Å². The van der Waals surface area contributed by atoms with Gasteiger partial charge in [0.1, 0.15) is 0 Å². The van der Waals surface area contributed by atoms with Crippen LogP contribution in [0, 0.1) is 0 Å². The maximum atomic E-state index is 8.53. The van der Waals surface area contributed by atoms with Crippen LogP contribution in [0.25, 0.3) is 0 Å². The van der Waals surface area contributed by atoms with Crippen LogP contribution in [0.5, 0.6) is 0 Å². The van der Waals surface area contributed by atoms with Gasteiger partial charge in [-0.1, -0.05) is 38.2 Å². The molecule has 0 radical (unpaired) electrons. The average Bonchev–Trinajstić information content (AvgIpc) is 2.23. The van der Waals surface area contributed by atoms with Crippen molar-refractivity contribution < 1.29 is 9.84 Å². The van der Waals surface area contributed by atoms with E-state index in [1.807, 2.05) is 6.08 Å². The Labute approximate surface area is 95.3 Å². The molecule has 0 aromatic heterocycles. The molecule has 0 aliphatic rings. The first-order valence-corrected chi connectivity index (χ1v) is 5.95. The van der Waals surface area contributed by atoms with Crippen molar-refractivity contribution in [2.75, 3.05) is 20.8 Å². The van der Waals surface area contributed by atoms with Crippen LogP contribution in [0.4, 0.5) is 0 Å². The van der Waals surface area contributed by atoms with E-state index in [4.69, 9.17) is 5.11 Å². The van der Waals surface area contributed by atoms with E-state index >= 15 is 0 Å². The molecule has 1 N–H and O–H groups in total. The lowest BCUT2D eigenvalue weighted by Gasteiger charge is -1.99. The van der Waals surface area contributed by atoms with Crippen molar-refractivity contribution in [3.8, 4) is 0 Å². The number of hydrogen-bond acceptors (Lipinski definition) is 2. The molecule has 0 fully saturated rings. The summed E-state index contributed by atoms with van der Waals surface area (Å²) < 4.78 is 4.25. The Balaban J connectivity index is 0. The molecule has 0 spiro atoms. The van der Waals surface area contributed by atoms with Gasteiger partial charge in [0.05, 0.1) is 0 Å². The molecule has 0 heterocycles. The maximum Gasteiger partial charge on any atom is 0.0431 e. The fraction of sp³-hybridized carbons (Fsp3) is 0.846. The third-order valence-corrected chi connectivity index (χ3v) is 2.07. The van der Waals surface area contributed by atoms with Crippen LogP contribution in [0.15, 0.2) is 12.7 Å². The van der Waals surface area contributed by atoms with Crippen molar-refractivity contribution in [1.29, 1.82) is 0 Å². The first kappa shape index (κ1) is 17.1. The van der Waals surface area contributed by atoms with Crippen LogP contribution < -0.4 is 0 Å². The Morgan fingerprint density at radius 2 is 1.33 bits per heavy atom.